The Kier molecular flexibility index (Phi) is 3.99. The average Bonchev–Trinajstić information content (AvgIpc) is 2.66. The number of nitrogens with one attached hydrogen (secondary N) is 2. The molecule has 1 fully saturated rings. The molecule has 5 heteroatoms. The van der Waals surface area contributed by atoms with Crippen molar-refractivity contribution in [2.45, 2.75) is 32.1 Å². The monoisotopic (exact) mass is 335 g/mol. The van der Waals surface area contributed by atoms with Gasteiger partial charge >= 0.3 is 0 Å². The van der Waals surface area contributed by atoms with Crippen LogP contribution in [0.4, 0.5) is 0 Å². The number of fused-ring (bicyclic) bond motifs is 2. The second-order valence-corrected chi connectivity index (χ2v) is 6.90. The molecule has 2 amide bonds. The molecule has 1 unspecified atom stereocenters. The van der Waals surface area contributed by atoms with Crippen molar-refractivity contribution in [2.24, 2.45) is 5.41 Å². The molecule has 5 nitrogen and oxygen atoms in total. The van der Waals surface area contributed by atoms with E-state index in [-0.39, 0.29) is 17.2 Å². The molecule has 2 N–H and O–H groups in total. The maximum atomic E-state index is 12.8. The third-order valence-electron chi connectivity index (χ3n) is 5.36. The summed E-state index contributed by atoms with van der Waals surface area (Å²) in [6.45, 7) is 0.531. The van der Waals surface area contributed by atoms with Gasteiger partial charge in [-0.15, -0.1) is 0 Å². The van der Waals surface area contributed by atoms with Crippen LogP contribution in [0.3, 0.4) is 0 Å². The quantitative estimate of drug-likeness (QED) is 0.906. The lowest BCUT2D eigenvalue weighted by Gasteiger charge is -2.42. The molecule has 1 aliphatic heterocycles. The highest BCUT2D eigenvalue weighted by atomic mass is 16.2. The van der Waals surface area contributed by atoms with E-state index < -0.39 is 0 Å². The molecule has 1 aromatic carbocycles. The summed E-state index contributed by atoms with van der Waals surface area (Å²) < 4.78 is 0. The summed E-state index contributed by atoms with van der Waals surface area (Å²) in [7, 11) is 0. The molecule has 1 atom stereocenters. The van der Waals surface area contributed by atoms with Gasteiger partial charge in [0.25, 0.3) is 5.91 Å². The number of aromatic nitrogens is 1. The molecule has 0 radical (unpaired) electrons. The van der Waals surface area contributed by atoms with Crippen LogP contribution in [-0.4, -0.2) is 23.3 Å². The van der Waals surface area contributed by atoms with E-state index in [1.54, 1.807) is 6.20 Å². The third kappa shape index (κ3) is 2.90. The van der Waals surface area contributed by atoms with Gasteiger partial charge in [-0.25, -0.2) is 0 Å². The van der Waals surface area contributed by atoms with Crippen molar-refractivity contribution in [3.8, 4) is 0 Å². The van der Waals surface area contributed by atoms with Crippen molar-refractivity contribution in [3.63, 3.8) is 0 Å². The first-order valence-electron chi connectivity index (χ1n) is 8.80. The van der Waals surface area contributed by atoms with Gasteiger partial charge in [0.05, 0.1) is 0 Å². The molecule has 2 heterocycles. The van der Waals surface area contributed by atoms with Crippen LogP contribution in [0.25, 0.3) is 10.8 Å². The Bertz CT molecular complexity index is 869. The van der Waals surface area contributed by atoms with E-state index in [0.717, 1.165) is 42.2 Å². The molecule has 4 rings (SSSR count). The maximum Gasteiger partial charge on any atom is 0.270 e. The fraction of sp³-hybridized carbons (Fsp3) is 0.350. The molecule has 0 saturated carbocycles. The number of amides is 2. The van der Waals surface area contributed by atoms with Gasteiger partial charge in [-0.3, -0.25) is 14.6 Å². The van der Waals surface area contributed by atoms with Crippen molar-refractivity contribution in [3.05, 3.63) is 54.0 Å². The molecule has 128 valence electrons. The lowest BCUT2D eigenvalue weighted by Crippen LogP contribution is -2.48. The van der Waals surface area contributed by atoms with E-state index in [4.69, 9.17) is 0 Å². The van der Waals surface area contributed by atoms with Crippen LogP contribution in [0.2, 0.25) is 0 Å². The molecule has 25 heavy (non-hydrogen) atoms. The Labute approximate surface area is 146 Å². The minimum Gasteiger partial charge on any atom is -0.350 e. The topological polar surface area (TPSA) is 71.1 Å². The summed E-state index contributed by atoms with van der Waals surface area (Å²) in [5, 5.41) is 7.94. The molecule has 1 saturated heterocycles. The van der Waals surface area contributed by atoms with Crippen LogP contribution in [0.15, 0.2) is 48.3 Å². The molecule has 0 bridgehead atoms. The van der Waals surface area contributed by atoms with E-state index in [9.17, 15) is 9.59 Å². The summed E-state index contributed by atoms with van der Waals surface area (Å²) in [5.41, 5.74) is 1.30. The summed E-state index contributed by atoms with van der Waals surface area (Å²) in [6, 6.07) is 9.67. The number of hydrogen-bond donors (Lipinski definition) is 2. The van der Waals surface area contributed by atoms with Crippen molar-refractivity contribution in [1.82, 2.24) is 15.6 Å². The highest BCUT2D eigenvalue weighted by Crippen LogP contribution is 2.42. The minimum atomic E-state index is -0.159. The van der Waals surface area contributed by atoms with Gasteiger partial charge in [-0.1, -0.05) is 30.3 Å². The molecule has 0 spiro atoms. The SMILES string of the molecule is O=C1CCC2(CNC(=O)c3nccc4ccccc34)CCCC=C2N1. The van der Waals surface area contributed by atoms with Crippen LogP contribution in [0, 0.1) is 5.41 Å². The Morgan fingerprint density at radius 2 is 2.12 bits per heavy atom. The molecular formula is C20H21N3O2. The first kappa shape index (κ1) is 15.8. The second kappa shape index (κ2) is 6.31. The first-order chi connectivity index (χ1) is 12.2. The average molecular weight is 335 g/mol. The van der Waals surface area contributed by atoms with E-state index in [2.05, 4.69) is 21.7 Å². The smallest absolute Gasteiger partial charge is 0.270 e. The summed E-state index contributed by atoms with van der Waals surface area (Å²) in [6.07, 6.45) is 8.14. The number of rotatable bonds is 3. The Hall–Kier alpha value is -2.69. The Balaban J connectivity index is 1.56. The molecule has 1 aromatic heterocycles. The van der Waals surface area contributed by atoms with E-state index >= 15 is 0 Å². The molecular weight excluding hydrogens is 314 g/mol. The number of nitrogens with zero attached hydrogens (tertiary/aromatic N) is 1. The largest absolute Gasteiger partial charge is 0.350 e. The van der Waals surface area contributed by atoms with Gasteiger partial charge in [0.2, 0.25) is 5.91 Å². The van der Waals surface area contributed by atoms with Gasteiger partial charge in [-0.2, -0.15) is 0 Å². The zero-order valence-corrected chi connectivity index (χ0v) is 14.0. The van der Waals surface area contributed by atoms with E-state index in [0.29, 0.717) is 18.7 Å². The van der Waals surface area contributed by atoms with Gasteiger partial charge < -0.3 is 10.6 Å². The molecule has 2 aromatic rings. The normalized spacial score (nSPS) is 22.7. The maximum absolute atomic E-state index is 12.8. The zero-order chi connectivity index (χ0) is 17.3. The number of piperidine rings is 1. The van der Waals surface area contributed by atoms with Crippen molar-refractivity contribution in [2.75, 3.05) is 6.54 Å². The lowest BCUT2D eigenvalue weighted by molar-refractivity contribution is -0.122. The number of hydrogen-bond acceptors (Lipinski definition) is 3. The van der Waals surface area contributed by atoms with Gasteiger partial charge in [0.15, 0.2) is 0 Å². The number of allylic oxidation sites excluding steroid dienone is 1. The van der Waals surface area contributed by atoms with Crippen molar-refractivity contribution >= 4 is 22.6 Å². The highest BCUT2D eigenvalue weighted by molar-refractivity contribution is 6.05. The second-order valence-electron chi connectivity index (χ2n) is 6.90. The Morgan fingerprint density at radius 1 is 1.24 bits per heavy atom. The van der Waals surface area contributed by atoms with E-state index in [1.807, 2.05) is 30.3 Å². The zero-order valence-electron chi connectivity index (χ0n) is 14.0. The number of pyridine rings is 1. The number of benzene rings is 1. The predicted octanol–water partition coefficient (Wildman–Crippen LogP) is 2.93. The lowest BCUT2D eigenvalue weighted by atomic mass is 9.70. The van der Waals surface area contributed by atoms with Gasteiger partial charge in [0.1, 0.15) is 5.69 Å². The fourth-order valence-electron chi connectivity index (χ4n) is 3.95. The predicted molar refractivity (Wildman–Crippen MR) is 95.8 cm³/mol. The van der Waals surface area contributed by atoms with Crippen LogP contribution >= 0.6 is 0 Å². The minimum absolute atomic E-state index is 0.0748. The fourth-order valence-corrected chi connectivity index (χ4v) is 3.95. The summed E-state index contributed by atoms with van der Waals surface area (Å²) >= 11 is 0. The van der Waals surface area contributed by atoms with Gasteiger partial charge in [-0.05, 0) is 37.1 Å². The number of carbonyl (C=O) groups is 2. The van der Waals surface area contributed by atoms with Crippen LogP contribution in [0.5, 0.6) is 0 Å². The third-order valence-corrected chi connectivity index (χ3v) is 5.36. The number of carbonyl (C=O) groups excluding carboxylic acids is 2. The standard InChI is InChI=1S/C20H21N3O2/c24-17-8-11-20(10-4-3-7-16(20)23-17)13-22-19(25)18-15-6-2-1-5-14(15)9-12-21-18/h1-2,5-7,9,12H,3-4,8,10-11,13H2,(H,22,25)(H,23,24). The van der Waals surface area contributed by atoms with Crippen molar-refractivity contribution in [1.29, 1.82) is 0 Å². The molecule has 2 aliphatic rings. The van der Waals surface area contributed by atoms with Crippen LogP contribution in [0.1, 0.15) is 42.6 Å². The van der Waals surface area contributed by atoms with E-state index in [1.165, 1.54) is 0 Å². The van der Waals surface area contributed by atoms with Crippen LogP contribution < -0.4 is 10.6 Å². The van der Waals surface area contributed by atoms with Gasteiger partial charge in [0, 0.05) is 35.7 Å². The van der Waals surface area contributed by atoms with Crippen molar-refractivity contribution < 1.29 is 9.59 Å². The Morgan fingerprint density at radius 3 is 3.04 bits per heavy atom. The molecule has 1 aliphatic carbocycles. The first-order valence-corrected chi connectivity index (χ1v) is 8.80. The summed E-state index contributed by atoms with van der Waals surface area (Å²) in [4.78, 5) is 28.8. The van der Waals surface area contributed by atoms with Crippen LogP contribution in [-0.2, 0) is 4.79 Å². The summed E-state index contributed by atoms with van der Waals surface area (Å²) in [5.74, 6) is -0.0844. The highest BCUT2D eigenvalue weighted by Gasteiger charge is 2.40.